The molecule has 0 radical (unpaired) electrons. The zero-order valence-corrected chi connectivity index (χ0v) is 16.8. The van der Waals surface area contributed by atoms with Gasteiger partial charge in [0.2, 0.25) is 5.84 Å². The van der Waals surface area contributed by atoms with Crippen molar-refractivity contribution in [1.82, 2.24) is 4.98 Å². The van der Waals surface area contributed by atoms with Gasteiger partial charge in [-0.1, -0.05) is 24.1 Å². The number of fused-ring (bicyclic) bond motifs is 1. The molecule has 2 aromatic heterocycles. The van der Waals surface area contributed by atoms with Gasteiger partial charge in [-0.3, -0.25) is 0 Å². The number of aromatic nitrogens is 1. The first kappa shape index (κ1) is 18.2. The summed E-state index contributed by atoms with van der Waals surface area (Å²) in [5, 5.41) is 0.758. The van der Waals surface area contributed by atoms with Crippen LogP contribution in [0.5, 0.6) is 0 Å². The van der Waals surface area contributed by atoms with Gasteiger partial charge < -0.3 is 4.42 Å². The zero-order chi connectivity index (χ0) is 19.7. The van der Waals surface area contributed by atoms with Gasteiger partial charge in [0.1, 0.15) is 24.1 Å². The molecule has 0 N–H and O–H groups in total. The SMILES string of the molecule is ClC1=C[N+]2(C3CCCCC3)C=C(c3ccc(C#Cc4ccccn4)o3)N=C2C=C1. The van der Waals surface area contributed by atoms with Crippen LogP contribution < -0.4 is 0 Å². The number of hydrogen-bond donors (Lipinski definition) is 0. The molecule has 144 valence electrons. The van der Waals surface area contributed by atoms with E-state index in [2.05, 4.69) is 29.2 Å². The van der Waals surface area contributed by atoms with Crippen LogP contribution in [0.15, 0.2) is 75.5 Å². The predicted octanol–water partition coefficient (Wildman–Crippen LogP) is 5.58. The van der Waals surface area contributed by atoms with Crippen LogP contribution in [0, 0.1) is 11.8 Å². The lowest BCUT2D eigenvalue weighted by atomic mass is 9.92. The largest absolute Gasteiger partial charge is 0.446 e. The molecule has 4 nitrogen and oxygen atoms in total. The van der Waals surface area contributed by atoms with Gasteiger partial charge in [-0.15, -0.1) is 0 Å². The average Bonchev–Trinajstić information content (AvgIpc) is 3.38. The Bertz CT molecular complexity index is 1110. The van der Waals surface area contributed by atoms with Crippen molar-refractivity contribution >= 4 is 23.1 Å². The van der Waals surface area contributed by atoms with E-state index in [4.69, 9.17) is 21.0 Å². The number of aliphatic imine (C=N–C) groups is 1. The van der Waals surface area contributed by atoms with Crippen LogP contribution in [0.3, 0.4) is 0 Å². The Morgan fingerprint density at radius 2 is 1.90 bits per heavy atom. The molecule has 1 fully saturated rings. The number of rotatable bonds is 2. The first-order valence-electron chi connectivity index (χ1n) is 10.0. The summed E-state index contributed by atoms with van der Waals surface area (Å²) < 4.78 is 6.59. The highest BCUT2D eigenvalue weighted by molar-refractivity contribution is 6.31. The maximum absolute atomic E-state index is 6.42. The molecule has 3 aliphatic rings. The van der Waals surface area contributed by atoms with E-state index < -0.39 is 0 Å². The van der Waals surface area contributed by atoms with Crippen LogP contribution in [0.4, 0.5) is 0 Å². The van der Waals surface area contributed by atoms with Crippen LogP contribution in [0.2, 0.25) is 0 Å². The van der Waals surface area contributed by atoms with Crippen LogP contribution in [0.25, 0.3) is 5.70 Å². The Hall–Kier alpha value is -2.87. The molecule has 1 saturated carbocycles. The zero-order valence-electron chi connectivity index (χ0n) is 16.0. The van der Waals surface area contributed by atoms with Crippen molar-refractivity contribution in [3.63, 3.8) is 0 Å². The molecular weight excluding hydrogens is 382 g/mol. The van der Waals surface area contributed by atoms with Gasteiger partial charge >= 0.3 is 0 Å². The Labute approximate surface area is 175 Å². The van der Waals surface area contributed by atoms with Gasteiger partial charge in [0.05, 0.1) is 5.03 Å². The molecule has 5 rings (SSSR count). The molecule has 2 aliphatic heterocycles. The van der Waals surface area contributed by atoms with Gasteiger partial charge in [0.25, 0.3) is 0 Å². The summed E-state index contributed by atoms with van der Waals surface area (Å²) in [5.74, 6) is 8.40. The van der Waals surface area contributed by atoms with Crippen molar-refractivity contribution in [2.45, 2.75) is 38.1 Å². The summed E-state index contributed by atoms with van der Waals surface area (Å²) in [6.45, 7) is 0. The second-order valence-corrected chi connectivity index (χ2v) is 8.02. The third-order valence-corrected chi connectivity index (χ3v) is 5.94. The van der Waals surface area contributed by atoms with Crippen LogP contribution >= 0.6 is 11.6 Å². The van der Waals surface area contributed by atoms with Crippen molar-refractivity contribution in [3.05, 3.63) is 83.3 Å². The summed E-state index contributed by atoms with van der Waals surface area (Å²) in [6, 6.07) is 9.95. The Morgan fingerprint density at radius 1 is 1.00 bits per heavy atom. The second-order valence-electron chi connectivity index (χ2n) is 7.59. The Balaban J connectivity index is 1.47. The van der Waals surface area contributed by atoms with E-state index in [1.54, 1.807) is 6.20 Å². The smallest absolute Gasteiger partial charge is 0.238 e. The number of pyridine rings is 1. The molecule has 5 heteroatoms. The molecule has 4 heterocycles. The molecule has 0 bridgehead atoms. The topological polar surface area (TPSA) is 38.4 Å². The van der Waals surface area contributed by atoms with E-state index in [1.807, 2.05) is 42.5 Å². The van der Waals surface area contributed by atoms with Crippen LogP contribution in [-0.2, 0) is 0 Å². The van der Waals surface area contributed by atoms with Crippen molar-refractivity contribution in [2.75, 3.05) is 0 Å². The lowest BCUT2D eigenvalue weighted by molar-refractivity contribution is -0.761. The fraction of sp³-hybridized carbons (Fsp3) is 0.250. The number of halogens is 1. The standard InChI is InChI=1S/C24H21ClN3O/c25-18-9-14-24-27-22(17-28(24,16-18)20-7-2-1-3-8-20)23-13-12-21(29-23)11-10-19-6-4-5-15-26-19/h4-6,9,12-17,20H,1-3,7-8H2/q+1. The first-order valence-corrected chi connectivity index (χ1v) is 10.4. The monoisotopic (exact) mass is 402 g/mol. The van der Waals surface area contributed by atoms with Gasteiger partial charge in [-0.25, -0.2) is 9.47 Å². The summed E-state index contributed by atoms with van der Waals surface area (Å²) in [4.78, 5) is 9.12. The molecule has 1 atom stereocenters. The second kappa shape index (κ2) is 7.51. The third-order valence-electron chi connectivity index (χ3n) is 5.71. The fourth-order valence-corrected chi connectivity index (χ4v) is 4.53. The quantitative estimate of drug-likeness (QED) is 0.485. The van der Waals surface area contributed by atoms with Crippen molar-refractivity contribution < 1.29 is 8.90 Å². The molecule has 1 unspecified atom stereocenters. The van der Waals surface area contributed by atoms with Crippen LogP contribution in [-0.4, -0.2) is 21.3 Å². The minimum Gasteiger partial charge on any atom is -0.446 e. The molecule has 29 heavy (non-hydrogen) atoms. The fourth-order valence-electron chi connectivity index (χ4n) is 4.31. The minimum absolute atomic E-state index is 0.470. The highest BCUT2D eigenvalue weighted by Gasteiger charge is 2.45. The highest BCUT2D eigenvalue weighted by atomic mass is 35.5. The average molecular weight is 403 g/mol. The molecule has 0 spiro atoms. The third kappa shape index (κ3) is 3.48. The van der Waals surface area contributed by atoms with Gasteiger partial charge in [-0.05, 0) is 55.0 Å². The number of furan rings is 1. The summed E-state index contributed by atoms with van der Waals surface area (Å²) in [6.07, 6.45) is 16.2. The van der Waals surface area contributed by atoms with E-state index in [0.29, 0.717) is 16.3 Å². The van der Waals surface area contributed by atoms with Crippen molar-refractivity contribution in [2.24, 2.45) is 4.99 Å². The Kier molecular flexibility index (Phi) is 4.71. The number of amidine groups is 1. The molecule has 0 amide bonds. The van der Waals surface area contributed by atoms with E-state index in [0.717, 1.165) is 28.0 Å². The van der Waals surface area contributed by atoms with E-state index in [9.17, 15) is 0 Å². The molecule has 2 aromatic rings. The molecule has 0 aromatic carbocycles. The number of nitrogens with zero attached hydrogens (tertiary/aromatic N) is 3. The number of hydrogen-bond acceptors (Lipinski definition) is 3. The van der Waals surface area contributed by atoms with Gasteiger partial charge in [0, 0.05) is 25.1 Å². The van der Waals surface area contributed by atoms with E-state index in [1.165, 1.54) is 32.1 Å². The van der Waals surface area contributed by atoms with Gasteiger partial charge in [0.15, 0.2) is 17.2 Å². The predicted molar refractivity (Wildman–Crippen MR) is 115 cm³/mol. The van der Waals surface area contributed by atoms with Crippen molar-refractivity contribution in [1.29, 1.82) is 0 Å². The summed E-state index contributed by atoms with van der Waals surface area (Å²) in [7, 11) is 0. The first-order chi connectivity index (χ1) is 14.2. The molecular formula is C24H21ClN3O+. The van der Waals surface area contributed by atoms with Crippen LogP contribution in [0.1, 0.15) is 49.3 Å². The summed E-state index contributed by atoms with van der Waals surface area (Å²) in [5.41, 5.74) is 1.55. The Morgan fingerprint density at radius 3 is 2.72 bits per heavy atom. The van der Waals surface area contributed by atoms with Crippen molar-refractivity contribution in [3.8, 4) is 11.8 Å². The number of allylic oxidation sites excluding steroid dienone is 2. The maximum atomic E-state index is 6.42. The molecule has 1 aliphatic carbocycles. The normalized spacial score (nSPS) is 23.6. The van der Waals surface area contributed by atoms with Gasteiger partial charge in [-0.2, -0.15) is 4.99 Å². The van der Waals surface area contributed by atoms with E-state index in [-0.39, 0.29) is 0 Å². The lowest BCUT2D eigenvalue weighted by Gasteiger charge is -2.38. The molecule has 0 saturated heterocycles. The lowest BCUT2D eigenvalue weighted by Crippen LogP contribution is -2.50. The summed E-state index contributed by atoms with van der Waals surface area (Å²) >= 11 is 6.42. The maximum Gasteiger partial charge on any atom is 0.238 e. The highest BCUT2D eigenvalue weighted by Crippen LogP contribution is 2.40. The minimum atomic E-state index is 0.470. The number of quaternary nitrogens is 1. The van der Waals surface area contributed by atoms with E-state index >= 15 is 0 Å².